The van der Waals surface area contributed by atoms with E-state index in [-0.39, 0.29) is 5.91 Å². The van der Waals surface area contributed by atoms with Crippen molar-refractivity contribution in [3.8, 4) is 0 Å². The summed E-state index contributed by atoms with van der Waals surface area (Å²) in [7, 11) is 0. The van der Waals surface area contributed by atoms with Gasteiger partial charge in [0.05, 0.1) is 17.9 Å². The van der Waals surface area contributed by atoms with Crippen LogP contribution in [0.1, 0.15) is 25.7 Å². The Labute approximate surface area is 179 Å². The molecule has 0 aliphatic rings. The van der Waals surface area contributed by atoms with Crippen molar-refractivity contribution >= 4 is 34.4 Å². The fourth-order valence-electron chi connectivity index (χ4n) is 3.04. The number of anilines is 3. The normalized spacial score (nSPS) is 10.5. The van der Waals surface area contributed by atoms with Crippen molar-refractivity contribution < 1.29 is 4.79 Å². The van der Waals surface area contributed by atoms with E-state index in [1.165, 1.54) is 9.75 Å². The van der Waals surface area contributed by atoms with Crippen LogP contribution >= 0.6 is 11.3 Å². The summed E-state index contributed by atoms with van der Waals surface area (Å²) in [6, 6.07) is 25.0. The highest BCUT2D eigenvalue weighted by Crippen LogP contribution is 2.22. The van der Waals surface area contributed by atoms with E-state index in [4.69, 9.17) is 5.73 Å². The van der Waals surface area contributed by atoms with Gasteiger partial charge in [0.25, 0.3) is 5.91 Å². The van der Waals surface area contributed by atoms with E-state index in [1.807, 2.05) is 54.6 Å². The van der Waals surface area contributed by atoms with Gasteiger partial charge in [-0.25, -0.2) is 4.98 Å². The molecule has 2 heterocycles. The van der Waals surface area contributed by atoms with E-state index in [1.54, 1.807) is 29.7 Å². The van der Waals surface area contributed by atoms with Gasteiger partial charge in [-0.3, -0.25) is 4.79 Å². The number of nitrogens with zero attached hydrogens (tertiary/aromatic N) is 1. The standard InChI is InChI=1S/C24H22N4OS/c25-21-5-1-2-6-22(21)28-24(29)18-10-8-17(9-11-18)15-19-12-13-20(30-19)16-27-23-7-3-4-14-26-23/h1-14H,15-16,25H2,(H,26,27)(H,28,29). The molecule has 0 atom stereocenters. The molecule has 0 spiro atoms. The highest BCUT2D eigenvalue weighted by atomic mass is 32.1. The largest absolute Gasteiger partial charge is 0.397 e. The van der Waals surface area contributed by atoms with Crippen LogP contribution in [0.25, 0.3) is 0 Å². The van der Waals surface area contributed by atoms with Crippen LogP contribution in [0.4, 0.5) is 17.2 Å². The number of nitrogen functional groups attached to an aromatic ring is 1. The van der Waals surface area contributed by atoms with Gasteiger partial charge in [-0.2, -0.15) is 0 Å². The Morgan fingerprint density at radius 1 is 0.900 bits per heavy atom. The van der Waals surface area contributed by atoms with Crippen molar-refractivity contribution in [3.63, 3.8) is 0 Å². The summed E-state index contributed by atoms with van der Waals surface area (Å²) in [5.41, 5.74) is 8.83. The van der Waals surface area contributed by atoms with Crippen LogP contribution in [0.3, 0.4) is 0 Å². The third kappa shape index (κ3) is 5.04. The molecule has 0 bridgehead atoms. The summed E-state index contributed by atoms with van der Waals surface area (Å²) in [4.78, 5) is 19.3. The number of amides is 1. The quantitative estimate of drug-likeness (QED) is 0.364. The molecule has 0 aliphatic heterocycles. The molecular weight excluding hydrogens is 392 g/mol. The summed E-state index contributed by atoms with van der Waals surface area (Å²) >= 11 is 1.78. The molecule has 0 aliphatic carbocycles. The molecule has 1 amide bonds. The number of nitrogens with one attached hydrogen (secondary N) is 2. The zero-order valence-electron chi connectivity index (χ0n) is 16.3. The van der Waals surface area contributed by atoms with Crippen molar-refractivity contribution in [2.45, 2.75) is 13.0 Å². The Balaban J connectivity index is 1.34. The van der Waals surface area contributed by atoms with Gasteiger partial charge in [-0.15, -0.1) is 11.3 Å². The van der Waals surface area contributed by atoms with Crippen molar-refractivity contribution in [2.24, 2.45) is 0 Å². The van der Waals surface area contributed by atoms with Gasteiger partial charge in [0.1, 0.15) is 5.82 Å². The third-order valence-electron chi connectivity index (χ3n) is 4.63. The molecule has 2 aromatic heterocycles. The fraction of sp³-hybridized carbons (Fsp3) is 0.0833. The topological polar surface area (TPSA) is 80.0 Å². The van der Waals surface area contributed by atoms with Gasteiger partial charge < -0.3 is 16.4 Å². The second kappa shape index (κ2) is 9.24. The van der Waals surface area contributed by atoms with Crippen molar-refractivity contribution in [1.82, 2.24) is 4.98 Å². The van der Waals surface area contributed by atoms with E-state index >= 15 is 0 Å². The monoisotopic (exact) mass is 414 g/mol. The van der Waals surface area contributed by atoms with Crippen LogP contribution in [0, 0.1) is 0 Å². The summed E-state index contributed by atoms with van der Waals surface area (Å²) < 4.78 is 0. The highest BCUT2D eigenvalue weighted by Gasteiger charge is 2.08. The smallest absolute Gasteiger partial charge is 0.255 e. The number of benzene rings is 2. The molecule has 4 N–H and O–H groups in total. The average molecular weight is 415 g/mol. The Hall–Kier alpha value is -3.64. The lowest BCUT2D eigenvalue weighted by molar-refractivity contribution is 0.102. The summed E-state index contributed by atoms with van der Waals surface area (Å²) in [5, 5.41) is 6.18. The first-order chi connectivity index (χ1) is 14.7. The zero-order chi connectivity index (χ0) is 20.8. The van der Waals surface area contributed by atoms with Gasteiger partial charge in [0, 0.05) is 27.9 Å². The predicted octanol–water partition coefficient (Wildman–Crippen LogP) is 5.18. The molecule has 30 heavy (non-hydrogen) atoms. The Morgan fingerprint density at radius 3 is 2.43 bits per heavy atom. The molecule has 5 nitrogen and oxygen atoms in total. The predicted molar refractivity (Wildman–Crippen MR) is 124 cm³/mol. The highest BCUT2D eigenvalue weighted by molar-refractivity contribution is 7.12. The minimum atomic E-state index is -0.168. The van der Waals surface area contributed by atoms with Crippen LogP contribution in [0.2, 0.25) is 0 Å². The van der Waals surface area contributed by atoms with Crippen LogP contribution < -0.4 is 16.4 Å². The maximum Gasteiger partial charge on any atom is 0.255 e. The molecule has 0 fully saturated rings. The molecule has 4 aromatic rings. The molecule has 150 valence electrons. The number of carbonyl (C=O) groups excluding carboxylic acids is 1. The number of aromatic nitrogens is 1. The number of hydrogen-bond acceptors (Lipinski definition) is 5. The number of carbonyl (C=O) groups is 1. The van der Waals surface area contributed by atoms with Crippen molar-refractivity contribution in [3.05, 3.63) is 106 Å². The maximum atomic E-state index is 12.5. The number of nitrogens with two attached hydrogens (primary N) is 1. The van der Waals surface area contributed by atoms with Gasteiger partial charge in [-0.1, -0.05) is 30.3 Å². The summed E-state index contributed by atoms with van der Waals surface area (Å²) in [6.07, 6.45) is 2.61. The lowest BCUT2D eigenvalue weighted by Gasteiger charge is -2.08. The lowest BCUT2D eigenvalue weighted by atomic mass is 10.1. The first-order valence-corrected chi connectivity index (χ1v) is 10.5. The second-order valence-corrected chi connectivity index (χ2v) is 8.10. The Bertz CT molecular complexity index is 1120. The second-order valence-electron chi connectivity index (χ2n) is 6.85. The molecule has 0 saturated carbocycles. The number of rotatable bonds is 7. The van der Waals surface area contributed by atoms with Gasteiger partial charge in [0.2, 0.25) is 0 Å². The lowest BCUT2D eigenvalue weighted by Crippen LogP contribution is -2.13. The van der Waals surface area contributed by atoms with E-state index in [0.29, 0.717) is 16.9 Å². The average Bonchev–Trinajstić information content (AvgIpc) is 3.22. The van der Waals surface area contributed by atoms with Crippen molar-refractivity contribution in [2.75, 3.05) is 16.4 Å². The molecule has 0 radical (unpaired) electrons. The van der Waals surface area contributed by atoms with Crippen LogP contribution in [0.5, 0.6) is 0 Å². The van der Waals surface area contributed by atoms with Crippen LogP contribution in [0.15, 0.2) is 85.1 Å². The number of pyridine rings is 1. The van der Waals surface area contributed by atoms with E-state index in [2.05, 4.69) is 27.8 Å². The minimum absolute atomic E-state index is 0.168. The summed E-state index contributed by atoms with van der Waals surface area (Å²) in [5.74, 6) is 0.706. The number of hydrogen-bond donors (Lipinski definition) is 3. The first kappa shape index (κ1) is 19.7. The Kier molecular flexibility index (Phi) is 6.06. The van der Waals surface area contributed by atoms with E-state index < -0.39 is 0 Å². The molecule has 0 unspecified atom stereocenters. The van der Waals surface area contributed by atoms with Gasteiger partial charge in [0.15, 0.2) is 0 Å². The number of thiophene rings is 1. The fourth-order valence-corrected chi connectivity index (χ4v) is 4.03. The summed E-state index contributed by atoms with van der Waals surface area (Å²) in [6.45, 7) is 0.753. The van der Waals surface area contributed by atoms with Crippen LogP contribution in [-0.4, -0.2) is 10.9 Å². The van der Waals surface area contributed by atoms with Crippen molar-refractivity contribution in [1.29, 1.82) is 0 Å². The van der Waals surface area contributed by atoms with E-state index in [9.17, 15) is 4.79 Å². The SMILES string of the molecule is Nc1ccccc1NC(=O)c1ccc(Cc2ccc(CNc3ccccn3)s2)cc1. The van der Waals surface area contributed by atoms with Gasteiger partial charge in [-0.05, 0) is 54.1 Å². The first-order valence-electron chi connectivity index (χ1n) is 9.65. The molecule has 0 saturated heterocycles. The third-order valence-corrected chi connectivity index (χ3v) is 5.71. The molecule has 4 rings (SSSR count). The molecular formula is C24H22N4OS. The van der Waals surface area contributed by atoms with E-state index in [0.717, 1.165) is 24.3 Å². The number of para-hydroxylation sites is 2. The maximum absolute atomic E-state index is 12.5. The van der Waals surface area contributed by atoms with Crippen LogP contribution in [-0.2, 0) is 13.0 Å². The zero-order valence-corrected chi connectivity index (χ0v) is 17.2. The molecule has 2 aromatic carbocycles. The Morgan fingerprint density at radius 2 is 1.67 bits per heavy atom. The molecule has 6 heteroatoms. The van der Waals surface area contributed by atoms with Gasteiger partial charge >= 0.3 is 0 Å². The minimum Gasteiger partial charge on any atom is -0.397 e.